The molecule has 0 bridgehead atoms. The van der Waals surface area contributed by atoms with Crippen LogP contribution in [0.2, 0.25) is 0 Å². The van der Waals surface area contributed by atoms with E-state index >= 15 is 0 Å². The summed E-state index contributed by atoms with van der Waals surface area (Å²) in [6.07, 6.45) is 3.72. The number of allylic oxidation sites excluding steroid dienone is 1. The number of methoxy groups -OCH3 is 1. The van der Waals surface area contributed by atoms with Gasteiger partial charge in [0.1, 0.15) is 5.70 Å². The van der Waals surface area contributed by atoms with E-state index in [1.807, 2.05) is 25.1 Å². The summed E-state index contributed by atoms with van der Waals surface area (Å²) in [5.74, 6) is -1.38. The van der Waals surface area contributed by atoms with Gasteiger partial charge in [-0.3, -0.25) is 4.79 Å². The van der Waals surface area contributed by atoms with Gasteiger partial charge in [-0.1, -0.05) is 43.3 Å². The number of anilines is 1. The van der Waals surface area contributed by atoms with Crippen molar-refractivity contribution in [2.45, 2.75) is 37.3 Å². The average molecular weight is 481 g/mol. The highest BCUT2D eigenvalue weighted by atomic mass is 32.2. The van der Waals surface area contributed by atoms with E-state index < -0.39 is 18.0 Å². The first-order valence-electron chi connectivity index (χ1n) is 11.5. The molecule has 5 rings (SSSR count). The molecule has 1 saturated heterocycles. The summed E-state index contributed by atoms with van der Waals surface area (Å²) in [5, 5.41) is 22.0. The normalized spacial score (nSPS) is 24.3. The predicted octanol–water partition coefficient (Wildman–Crippen LogP) is 3.04. The second-order valence-corrected chi connectivity index (χ2v) is 10.1. The van der Waals surface area contributed by atoms with Crippen LogP contribution < -0.4 is 4.31 Å². The number of ether oxygens (including phenoxy) is 1. The van der Waals surface area contributed by atoms with Gasteiger partial charge in [-0.15, -0.1) is 0 Å². The lowest BCUT2D eigenvalue weighted by molar-refractivity contribution is -0.163. The molecule has 0 saturated carbocycles. The molecule has 1 amide bonds. The Balaban J connectivity index is 1.45. The van der Waals surface area contributed by atoms with Gasteiger partial charge >= 0.3 is 5.97 Å². The van der Waals surface area contributed by atoms with Gasteiger partial charge in [0.15, 0.2) is 0 Å². The Labute approximate surface area is 202 Å². The summed E-state index contributed by atoms with van der Waals surface area (Å²) in [7, 11) is 1.31. The van der Waals surface area contributed by atoms with E-state index in [9.17, 15) is 19.8 Å². The van der Waals surface area contributed by atoms with Gasteiger partial charge in [-0.2, -0.15) is 0 Å². The van der Waals surface area contributed by atoms with E-state index in [2.05, 4.69) is 28.6 Å². The number of amides is 1. The monoisotopic (exact) mass is 480 g/mol. The van der Waals surface area contributed by atoms with E-state index in [1.54, 1.807) is 18.9 Å². The number of hydrogen-bond donors (Lipinski definition) is 2. The molecule has 34 heavy (non-hydrogen) atoms. The number of carbonyl (C=O) groups excluding carboxylic acids is 2. The third kappa shape index (κ3) is 3.35. The van der Waals surface area contributed by atoms with Crippen molar-refractivity contribution in [3.8, 4) is 0 Å². The first-order chi connectivity index (χ1) is 16.4. The third-order valence-corrected chi connectivity index (χ3v) is 8.16. The highest BCUT2D eigenvalue weighted by molar-refractivity contribution is 8.01. The minimum atomic E-state index is -0.775. The molecule has 3 heterocycles. The SMILES string of the molecule is COC(=O)C1=C(/C=C/CN2Sc3cccc4ccc(CCO)c2c34)C(C)C2C(C(C)O)C(=O)N12. The molecule has 8 heteroatoms. The molecule has 2 N–H and O–H groups in total. The lowest BCUT2D eigenvalue weighted by atomic mass is 9.78. The van der Waals surface area contributed by atoms with Crippen LogP contribution in [0.4, 0.5) is 5.69 Å². The Morgan fingerprint density at radius 1 is 1.29 bits per heavy atom. The number of rotatable bonds is 7. The smallest absolute Gasteiger partial charge is 0.355 e. The second-order valence-electron chi connectivity index (χ2n) is 9.01. The molecule has 178 valence electrons. The molecule has 4 unspecified atom stereocenters. The van der Waals surface area contributed by atoms with Crippen molar-refractivity contribution in [3.63, 3.8) is 0 Å². The Hall–Kier alpha value is -2.81. The zero-order chi connectivity index (χ0) is 24.1. The van der Waals surface area contributed by atoms with Crippen molar-refractivity contribution >= 4 is 40.3 Å². The molecule has 3 aliphatic rings. The molecule has 1 fully saturated rings. The zero-order valence-electron chi connectivity index (χ0n) is 19.4. The standard InChI is InChI=1S/C26H28N2O5S/c1-14-18(24(26(32)33-3)28-22(14)20(15(2)30)25(28)31)7-5-12-27-23-17(11-13-29)10-9-16-6-4-8-19(34-27)21(16)23/h4-10,14-15,20,22,29-30H,11-13H2,1-3H3/b7-5+. The lowest BCUT2D eigenvalue weighted by Gasteiger charge is -2.46. The van der Waals surface area contributed by atoms with Crippen LogP contribution in [0.25, 0.3) is 10.8 Å². The summed E-state index contributed by atoms with van der Waals surface area (Å²) < 4.78 is 7.19. The number of esters is 1. The predicted molar refractivity (Wildman–Crippen MR) is 131 cm³/mol. The van der Waals surface area contributed by atoms with Gasteiger partial charge in [-0.25, -0.2) is 4.79 Å². The van der Waals surface area contributed by atoms with Crippen molar-refractivity contribution in [1.82, 2.24) is 4.90 Å². The number of aliphatic hydroxyl groups is 2. The summed E-state index contributed by atoms with van der Waals surface area (Å²) >= 11 is 1.66. The van der Waals surface area contributed by atoms with Gasteiger partial charge < -0.3 is 24.2 Å². The van der Waals surface area contributed by atoms with Crippen molar-refractivity contribution in [3.05, 3.63) is 59.3 Å². The first kappa shape index (κ1) is 23.0. The van der Waals surface area contributed by atoms with Crippen LogP contribution in [0, 0.1) is 11.8 Å². The molecular weight excluding hydrogens is 452 g/mol. The minimum Gasteiger partial charge on any atom is -0.464 e. The molecule has 4 atom stereocenters. The van der Waals surface area contributed by atoms with E-state index in [1.165, 1.54) is 27.7 Å². The largest absolute Gasteiger partial charge is 0.464 e. The Morgan fingerprint density at radius 3 is 2.79 bits per heavy atom. The maximum Gasteiger partial charge on any atom is 0.355 e. The van der Waals surface area contributed by atoms with Gasteiger partial charge in [0, 0.05) is 29.4 Å². The minimum absolute atomic E-state index is 0.0810. The van der Waals surface area contributed by atoms with Crippen LogP contribution in [-0.4, -0.2) is 59.4 Å². The number of carbonyl (C=O) groups is 2. The zero-order valence-corrected chi connectivity index (χ0v) is 20.2. The van der Waals surface area contributed by atoms with Crippen LogP contribution in [-0.2, 0) is 20.7 Å². The molecule has 0 spiro atoms. The van der Waals surface area contributed by atoms with E-state index in [0.29, 0.717) is 13.0 Å². The maximum absolute atomic E-state index is 12.7. The fraction of sp³-hybridized carbons (Fsp3) is 0.385. The molecule has 0 aliphatic carbocycles. The van der Waals surface area contributed by atoms with Crippen LogP contribution in [0.5, 0.6) is 0 Å². The van der Waals surface area contributed by atoms with Crippen LogP contribution >= 0.6 is 11.9 Å². The summed E-state index contributed by atoms with van der Waals surface area (Å²) in [4.78, 5) is 27.9. The van der Waals surface area contributed by atoms with Crippen LogP contribution in [0.15, 0.2) is 58.6 Å². The summed E-state index contributed by atoms with van der Waals surface area (Å²) in [5.41, 5.74) is 3.24. The number of nitrogens with zero attached hydrogens (tertiary/aromatic N) is 2. The van der Waals surface area contributed by atoms with Crippen molar-refractivity contribution in [2.75, 3.05) is 24.6 Å². The Morgan fingerprint density at radius 2 is 2.09 bits per heavy atom. The number of fused-ring (bicyclic) bond motifs is 1. The maximum atomic E-state index is 12.7. The Kier molecular flexibility index (Phi) is 5.91. The van der Waals surface area contributed by atoms with Gasteiger partial charge in [0.2, 0.25) is 5.91 Å². The van der Waals surface area contributed by atoms with Crippen molar-refractivity contribution < 1.29 is 24.5 Å². The average Bonchev–Trinajstić information content (AvgIpc) is 3.30. The van der Waals surface area contributed by atoms with E-state index in [0.717, 1.165) is 16.8 Å². The Bertz CT molecular complexity index is 1240. The molecule has 2 aromatic carbocycles. The number of aliphatic hydroxyl groups excluding tert-OH is 2. The van der Waals surface area contributed by atoms with E-state index in [4.69, 9.17) is 4.74 Å². The third-order valence-electron chi connectivity index (χ3n) is 7.08. The molecule has 2 aromatic rings. The fourth-order valence-electron chi connectivity index (χ4n) is 5.52. The van der Waals surface area contributed by atoms with Crippen molar-refractivity contribution in [2.24, 2.45) is 11.8 Å². The molecule has 3 aliphatic heterocycles. The van der Waals surface area contributed by atoms with Gasteiger partial charge in [0.25, 0.3) is 0 Å². The fourth-order valence-corrected chi connectivity index (χ4v) is 6.66. The number of hydrogen-bond acceptors (Lipinski definition) is 7. The second kappa shape index (κ2) is 8.76. The van der Waals surface area contributed by atoms with Gasteiger partial charge in [0.05, 0.1) is 30.9 Å². The highest BCUT2D eigenvalue weighted by Gasteiger charge is 2.59. The molecular formula is C26H28N2O5S. The molecule has 7 nitrogen and oxygen atoms in total. The molecule has 0 radical (unpaired) electrons. The summed E-state index contributed by atoms with van der Waals surface area (Å²) in [6, 6.07) is 10.2. The van der Waals surface area contributed by atoms with Crippen molar-refractivity contribution in [1.29, 1.82) is 0 Å². The number of benzene rings is 2. The van der Waals surface area contributed by atoms with Gasteiger partial charge in [-0.05, 0) is 47.9 Å². The van der Waals surface area contributed by atoms with E-state index in [-0.39, 0.29) is 30.2 Å². The molecule has 0 aromatic heterocycles. The lowest BCUT2D eigenvalue weighted by Crippen LogP contribution is -2.63. The first-order valence-corrected chi connectivity index (χ1v) is 12.3. The van der Waals surface area contributed by atoms with Crippen LogP contribution in [0.3, 0.4) is 0 Å². The van der Waals surface area contributed by atoms with Crippen LogP contribution in [0.1, 0.15) is 19.4 Å². The quantitative estimate of drug-likeness (QED) is 0.358. The highest BCUT2D eigenvalue weighted by Crippen LogP contribution is 2.49. The number of β-lactam (4-membered cyclic amide) rings is 1. The topological polar surface area (TPSA) is 90.3 Å². The summed E-state index contributed by atoms with van der Waals surface area (Å²) in [6.45, 7) is 4.26.